The summed E-state index contributed by atoms with van der Waals surface area (Å²) in [5.74, 6) is 0. The Morgan fingerprint density at radius 2 is 1.73 bits per heavy atom. The van der Waals surface area contributed by atoms with Crippen molar-refractivity contribution < 1.29 is 0 Å². The summed E-state index contributed by atoms with van der Waals surface area (Å²) in [5, 5.41) is 0. The molecular weight excluding hydrogens is 182 g/mol. The van der Waals surface area contributed by atoms with Gasteiger partial charge in [0.2, 0.25) is 0 Å². The minimum absolute atomic E-state index is 0.757. The third-order valence-corrected chi connectivity index (χ3v) is 3.46. The molecule has 0 amide bonds. The summed E-state index contributed by atoms with van der Waals surface area (Å²) in [5.41, 5.74) is 3.13. The second kappa shape index (κ2) is 4.80. The SMILES string of the molecule is CCCN(CC)C1Cc2ccccc2C1. The lowest BCUT2D eigenvalue weighted by molar-refractivity contribution is 0.212. The molecule has 0 aliphatic heterocycles. The number of nitrogens with zero attached hydrogens (tertiary/aromatic N) is 1. The van der Waals surface area contributed by atoms with Crippen molar-refractivity contribution in [2.24, 2.45) is 0 Å². The van der Waals surface area contributed by atoms with Crippen molar-refractivity contribution in [2.45, 2.75) is 39.2 Å². The van der Waals surface area contributed by atoms with Crippen molar-refractivity contribution in [3.8, 4) is 0 Å². The number of benzene rings is 1. The predicted octanol–water partition coefficient (Wildman–Crippen LogP) is 2.89. The van der Waals surface area contributed by atoms with Crippen molar-refractivity contribution in [1.82, 2.24) is 4.90 Å². The minimum Gasteiger partial charge on any atom is -0.300 e. The van der Waals surface area contributed by atoms with Gasteiger partial charge in [-0.1, -0.05) is 38.1 Å². The molecule has 1 aromatic rings. The molecule has 1 heteroatoms. The maximum atomic E-state index is 2.62. The van der Waals surface area contributed by atoms with Gasteiger partial charge in [-0.2, -0.15) is 0 Å². The highest BCUT2D eigenvalue weighted by Gasteiger charge is 2.24. The van der Waals surface area contributed by atoms with Gasteiger partial charge in [0, 0.05) is 6.04 Å². The Balaban J connectivity index is 2.05. The van der Waals surface area contributed by atoms with Crippen LogP contribution in [0.4, 0.5) is 0 Å². The molecule has 0 heterocycles. The highest BCUT2D eigenvalue weighted by molar-refractivity contribution is 5.33. The molecule has 0 unspecified atom stereocenters. The highest BCUT2D eigenvalue weighted by Crippen LogP contribution is 2.25. The molecule has 0 saturated carbocycles. The molecule has 0 radical (unpaired) electrons. The molecule has 1 aromatic carbocycles. The Morgan fingerprint density at radius 3 is 2.20 bits per heavy atom. The van der Waals surface area contributed by atoms with E-state index in [1.807, 2.05) is 0 Å². The fraction of sp³-hybridized carbons (Fsp3) is 0.571. The zero-order chi connectivity index (χ0) is 10.7. The number of fused-ring (bicyclic) bond motifs is 1. The first kappa shape index (κ1) is 10.7. The molecule has 0 spiro atoms. The maximum absolute atomic E-state index is 2.62. The molecule has 0 bridgehead atoms. The molecule has 0 atom stereocenters. The first-order valence-corrected chi connectivity index (χ1v) is 6.16. The van der Waals surface area contributed by atoms with Crippen LogP contribution in [0.3, 0.4) is 0 Å². The zero-order valence-corrected chi connectivity index (χ0v) is 9.87. The number of likely N-dealkylation sites (N-methyl/N-ethyl adjacent to an activating group) is 1. The quantitative estimate of drug-likeness (QED) is 0.727. The van der Waals surface area contributed by atoms with Crippen LogP contribution in [0.1, 0.15) is 31.4 Å². The first-order valence-electron chi connectivity index (χ1n) is 6.16. The van der Waals surface area contributed by atoms with E-state index in [9.17, 15) is 0 Å². The molecule has 1 aliphatic carbocycles. The highest BCUT2D eigenvalue weighted by atomic mass is 15.1. The zero-order valence-electron chi connectivity index (χ0n) is 9.87. The van der Waals surface area contributed by atoms with Gasteiger partial charge in [0.05, 0.1) is 0 Å². The molecule has 0 fully saturated rings. The minimum atomic E-state index is 0.757. The Hall–Kier alpha value is -0.820. The van der Waals surface area contributed by atoms with Gasteiger partial charge in [-0.15, -0.1) is 0 Å². The fourth-order valence-corrected chi connectivity index (χ4v) is 2.68. The van der Waals surface area contributed by atoms with Crippen molar-refractivity contribution in [2.75, 3.05) is 13.1 Å². The average Bonchev–Trinajstić information content (AvgIpc) is 2.69. The second-order valence-electron chi connectivity index (χ2n) is 4.46. The summed E-state index contributed by atoms with van der Waals surface area (Å²) in [7, 11) is 0. The van der Waals surface area contributed by atoms with E-state index in [0.717, 1.165) is 6.04 Å². The van der Waals surface area contributed by atoms with Crippen molar-refractivity contribution in [3.05, 3.63) is 35.4 Å². The fourth-order valence-electron chi connectivity index (χ4n) is 2.68. The number of rotatable bonds is 4. The summed E-state index contributed by atoms with van der Waals surface area (Å²) in [6.45, 7) is 6.98. The molecule has 15 heavy (non-hydrogen) atoms. The number of hydrogen-bond donors (Lipinski definition) is 0. The van der Waals surface area contributed by atoms with E-state index in [-0.39, 0.29) is 0 Å². The maximum Gasteiger partial charge on any atom is 0.0176 e. The average molecular weight is 203 g/mol. The van der Waals surface area contributed by atoms with E-state index in [0.29, 0.717) is 0 Å². The van der Waals surface area contributed by atoms with Gasteiger partial charge >= 0.3 is 0 Å². The van der Waals surface area contributed by atoms with Crippen LogP contribution in [0, 0.1) is 0 Å². The van der Waals surface area contributed by atoms with Crippen LogP contribution >= 0.6 is 0 Å². The largest absolute Gasteiger partial charge is 0.300 e. The summed E-state index contributed by atoms with van der Waals surface area (Å²) >= 11 is 0. The van der Waals surface area contributed by atoms with Crippen LogP contribution in [0.2, 0.25) is 0 Å². The van der Waals surface area contributed by atoms with Crippen molar-refractivity contribution in [1.29, 1.82) is 0 Å². The summed E-state index contributed by atoms with van der Waals surface area (Å²) in [6, 6.07) is 9.66. The molecule has 1 aliphatic rings. The monoisotopic (exact) mass is 203 g/mol. The van der Waals surface area contributed by atoms with E-state index < -0.39 is 0 Å². The van der Waals surface area contributed by atoms with E-state index in [4.69, 9.17) is 0 Å². The van der Waals surface area contributed by atoms with E-state index in [1.54, 1.807) is 11.1 Å². The molecule has 2 rings (SSSR count). The van der Waals surface area contributed by atoms with Gasteiger partial charge in [-0.05, 0) is 43.5 Å². The van der Waals surface area contributed by atoms with Crippen LogP contribution in [0.15, 0.2) is 24.3 Å². The Morgan fingerprint density at radius 1 is 1.13 bits per heavy atom. The van der Waals surface area contributed by atoms with Crippen molar-refractivity contribution >= 4 is 0 Å². The summed E-state index contributed by atoms with van der Waals surface area (Å²) in [6.07, 6.45) is 3.77. The van der Waals surface area contributed by atoms with Crippen LogP contribution in [0.25, 0.3) is 0 Å². The van der Waals surface area contributed by atoms with E-state index in [1.165, 1.54) is 32.4 Å². The van der Waals surface area contributed by atoms with Crippen LogP contribution in [-0.2, 0) is 12.8 Å². The number of hydrogen-bond acceptors (Lipinski definition) is 1. The summed E-state index contributed by atoms with van der Waals surface area (Å²) < 4.78 is 0. The smallest absolute Gasteiger partial charge is 0.0176 e. The predicted molar refractivity (Wildman–Crippen MR) is 65.2 cm³/mol. The first-order chi connectivity index (χ1) is 7.35. The van der Waals surface area contributed by atoms with Gasteiger partial charge in [-0.3, -0.25) is 0 Å². The Kier molecular flexibility index (Phi) is 3.42. The van der Waals surface area contributed by atoms with Crippen LogP contribution in [-0.4, -0.2) is 24.0 Å². The summed E-state index contributed by atoms with van der Waals surface area (Å²) in [4.78, 5) is 2.62. The van der Waals surface area contributed by atoms with Gasteiger partial charge in [0.1, 0.15) is 0 Å². The second-order valence-corrected chi connectivity index (χ2v) is 4.46. The van der Waals surface area contributed by atoms with Gasteiger partial charge < -0.3 is 4.90 Å². The molecule has 0 saturated heterocycles. The van der Waals surface area contributed by atoms with Crippen LogP contribution < -0.4 is 0 Å². The normalized spacial score (nSPS) is 15.9. The lowest BCUT2D eigenvalue weighted by Crippen LogP contribution is -2.36. The topological polar surface area (TPSA) is 3.24 Å². The van der Waals surface area contributed by atoms with E-state index in [2.05, 4.69) is 43.0 Å². The lowest BCUT2D eigenvalue weighted by atomic mass is 10.1. The molecule has 0 aromatic heterocycles. The Labute approximate surface area is 93.1 Å². The third kappa shape index (κ3) is 2.23. The van der Waals surface area contributed by atoms with Gasteiger partial charge in [0.25, 0.3) is 0 Å². The molecule has 0 N–H and O–H groups in total. The van der Waals surface area contributed by atoms with Gasteiger partial charge in [0.15, 0.2) is 0 Å². The standard InChI is InChI=1S/C14H21N/c1-3-9-15(4-2)14-10-12-7-5-6-8-13(12)11-14/h5-8,14H,3-4,9-11H2,1-2H3. The Bertz CT molecular complexity index is 294. The van der Waals surface area contributed by atoms with Crippen LogP contribution in [0.5, 0.6) is 0 Å². The molecule has 82 valence electrons. The van der Waals surface area contributed by atoms with E-state index >= 15 is 0 Å². The lowest BCUT2D eigenvalue weighted by Gasteiger charge is -2.26. The third-order valence-electron chi connectivity index (χ3n) is 3.46. The van der Waals surface area contributed by atoms with Gasteiger partial charge in [-0.25, -0.2) is 0 Å². The molecular formula is C14H21N. The van der Waals surface area contributed by atoms with Crippen molar-refractivity contribution in [3.63, 3.8) is 0 Å². The molecule has 1 nitrogen and oxygen atoms in total.